The lowest BCUT2D eigenvalue weighted by Gasteiger charge is -2.07. The first-order valence-corrected chi connectivity index (χ1v) is 10.8. The number of halogens is 1. The first-order chi connectivity index (χ1) is 15.6. The summed E-state index contributed by atoms with van der Waals surface area (Å²) in [7, 11) is 0. The summed E-state index contributed by atoms with van der Waals surface area (Å²) in [6.07, 6.45) is 0. The molecule has 1 amide bonds. The zero-order valence-electron chi connectivity index (χ0n) is 17.4. The van der Waals surface area contributed by atoms with Crippen molar-refractivity contribution in [3.05, 3.63) is 106 Å². The lowest BCUT2D eigenvalue weighted by Crippen LogP contribution is -2.19. The van der Waals surface area contributed by atoms with E-state index in [0.717, 1.165) is 26.9 Å². The highest BCUT2D eigenvalue weighted by Crippen LogP contribution is 2.23. The molecule has 0 spiro atoms. The van der Waals surface area contributed by atoms with Gasteiger partial charge in [0.2, 0.25) is 0 Å². The van der Waals surface area contributed by atoms with E-state index in [1.807, 2.05) is 85.8 Å². The predicted octanol–water partition coefficient (Wildman–Crippen LogP) is 5.57. The van der Waals surface area contributed by atoms with Gasteiger partial charge >= 0.3 is 0 Å². The van der Waals surface area contributed by atoms with E-state index < -0.39 is 0 Å². The Morgan fingerprint density at radius 2 is 1.81 bits per heavy atom. The van der Waals surface area contributed by atoms with Crippen LogP contribution in [0, 0.1) is 0 Å². The van der Waals surface area contributed by atoms with Crippen LogP contribution in [0.3, 0.4) is 0 Å². The molecular formula is C25H21BrN4O2. The van der Waals surface area contributed by atoms with Crippen LogP contribution in [-0.4, -0.2) is 21.8 Å². The fourth-order valence-electron chi connectivity index (χ4n) is 3.02. The molecule has 0 saturated carbocycles. The molecule has 0 radical (unpaired) electrons. The molecule has 0 bridgehead atoms. The Morgan fingerprint density at radius 1 is 1.03 bits per heavy atom. The fraction of sp³-hybridized carbons (Fsp3) is 0.0800. The maximum atomic E-state index is 12.5. The third-order valence-electron chi connectivity index (χ3n) is 4.79. The van der Waals surface area contributed by atoms with Crippen LogP contribution in [0.4, 0.5) is 0 Å². The normalized spacial score (nSPS) is 11.2. The summed E-state index contributed by atoms with van der Waals surface area (Å²) in [5.74, 6) is 0.367. The number of benzene rings is 3. The topological polar surface area (TPSA) is 79.4 Å². The van der Waals surface area contributed by atoms with E-state index in [4.69, 9.17) is 4.74 Å². The second-order valence-corrected chi connectivity index (χ2v) is 8.03. The number of H-pyrrole nitrogens is 1. The molecule has 32 heavy (non-hydrogen) atoms. The van der Waals surface area contributed by atoms with Crippen molar-refractivity contribution in [3.63, 3.8) is 0 Å². The summed E-state index contributed by atoms with van der Waals surface area (Å²) in [4.78, 5) is 12.5. The highest BCUT2D eigenvalue weighted by atomic mass is 79.9. The molecule has 6 nitrogen and oxygen atoms in total. The Kier molecular flexibility index (Phi) is 6.77. The summed E-state index contributed by atoms with van der Waals surface area (Å²) in [5.41, 5.74) is 7.10. The third kappa shape index (κ3) is 5.50. The van der Waals surface area contributed by atoms with Crippen LogP contribution in [0.15, 0.2) is 94.5 Å². The van der Waals surface area contributed by atoms with Gasteiger partial charge in [-0.2, -0.15) is 10.2 Å². The van der Waals surface area contributed by atoms with E-state index in [1.165, 1.54) is 0 Å². The summed E-state index contributed by atoms with van der Waals surface area (Å²) in [5, 5.41) is 11.2. The standard InChI is InChI=1S/C25H21BrN4O2/c1-17(19-10-12-21(26)13-11-19)27-30-25(31)24-15-23(28-29-24)20-8-5-9-22(14-20)32-16-18-6-3-2-4-7-18/h2-15H,16H2,1H3,(H,28,29)(H,30,31)/b27-17-. The van der Waals surface area contributed by atoms with Gasteiger partial charge in [-0.05, 0) is 48.4 Å². The first kappa shape index (κ1) is 21.5. The van der Waals surface area contributed by atoms with Gasteiger partial charge in [0.1, 0.15) is 18.1 Å². The Labute approximate surface area is 194 Å². The zero-order valence-corrected chi connectivity index (χ0v) is 19.0. The molecule has 1 aromatic heterocycles. The minimum Gasteiger partial charge on any atom is -0.489 e. The molecule has 0 unspecified atom stereocenters. The number of hydrogen-bond acceptors (Lipinski definition) is 4. The highest BCUT2D eigenvalue weighted by Gasteiger charge is 2.11. The van der Waals surface area contributed by atoms with Crippen LogP contribution in [0.1, 0.15) is 28.5 Å². The molecule has 1 heterocycles. The summed E-state index contributed by atoms with van der Waals surface area (Å²) < 4.78 is 6.87. The molecule has 0 aliphatic carbocycles. The average Bonchev–Trinajstić information content (AvgIpc) is 3.33. The van der Waals surface area contributed by atoms with Crippen molar-refractivity contribution in [1.82, 2.24) is 15.6 Å². The molecule has 4 rings (SSSR count). The number of carbonyl (C=O) groups excluding carboxylic acids is 1. The Morgan fingerprint density at radius 3 is 2.59 bits per heavy atom. The smallest absolute Gasteiger partial charge is 0.289 e. The van der Waals surface area contributed by atoms with Crippen molar-refractivity contribution in [2.45, 2.75) is 13.5 Å². The number of aromatic nitrogens is 2. The summed E-state index contributed by atoms with van der Waals surface area (Å²) >= 11 is 3.40. The van der Waals surface area contributed by atoms with Crippen LogP contribution >= 0.6 is 15.9 Å². The van der Waals surface area contributed by atoms with E-state index in [1.54, 1.807) is 6.07 Å². The number of nitrogens with zero attached hydrogens (tertiary/aromatic N) is 2. The van der Waals surface area contributed by atoms with E-state index >= 15 is 0 Å². The van der Waals surface area contributed by atoms with Gasteiger partial charge in [-0.25, -0.2) is 5.43 Å². The van der Waals surface area contributed by atoms with Gasteiger partial charge in [-0.1, -0.05) is 70.5 Å². The molecule has 3 aromatic carbocycles. The van der Waals surface area contributed by atoms with Crippen LogP contribution in [0.5, 0.6) is 5.75 Å². The quantitative estimate of drug-likeness (QED) is 0.263. The minimum atomic E-state index is -0.364. The zero-order chi connectivity index (χ0) is 22.3. The van der Waals surface area contributed by atoms with Gasteiger partial charge < -0.3 is 4.74 Å². The number of carbonyl (C=O) groups is 1. The van der Waals surface area contributed by atoms with Crippen LogP contribution < -0.4 is 10.2 Å². The number of hydrazone groups is 1. The van der Waals surface area contributed by atoms with Gasteiger partial charge in [0, 0.05) is 10.0 Å². The third-order valence-corrected chi connectivity index (χ3v) is 5.32. The van der Waals surface area contributed by atoms with Crippen molar-refractivity contribution in [2.24, 2.45) is 5.10 Å². The van der Waals surface area contributed by atoms with Gasteiger partial charge in [-0.3, -0.25) is 9.89 Å². The van der Waals surface area contributed by atoms with Crippen molar-refractivity contribution in [3.8, 4) is 17.0 Å². The number of nitrogens with one attached hydrogen (secondary N) is 2. The molecule has 4 aromatic rings. The molecule has 2 N–H and O–H groups in total. The number of ether oxygens (including phenoxy) is 1. The number of hydrogen-bond donors (Lipinski definition) is 2. The van der Waals surface area contributed by atoms with Crippen LogP contribution in [0.25, 0.3) is 11.3 Å². The van der Waals surface area contributed by atoms with Gasteiger partial charge in [-0.15, -0.1) is 0 Å². The lowest BCUT2D eigenvalue weighted by molar-refractivity contribution is 0.0950. The molecule has 7 heteroatoms. The Hall–Kier alpha value is -3.71. The number of amides is 1. The maximum Gasteiger partial charge on any atom is 0.289 e. The number of rotatable bonds is 7. The average molecular weight is 489 g/mol. The molecular weight excluding hydrogens is 468 g/mol. The second-order valence-electron chi connectivity index (χ2n) is 7.11. The van der Waals surface area contributed by atoms with Gasteiger partial charge in [0.15, 0.2) is 0 Å². The van der Waals surface area contributed by atoms with Gasteiger partial charge in [0.25, 0.3) is 5.91 Å². The Bertz CT molecular complexity index is 1230. The van der Waals surface area contributed by atoms with E-state index in [2.05, 4.69) is 36.7 Å². The fourth-order valence-corrected chi connectivity index (χ4v) is 3.29. The monoisotopic (exact) mass is 488 g/mol. The van der Waals surface area contributed by atoms with E-state index in [-0.39, 0.29) is 5.91 Å². The molecule has 0 aliphatic heterocycles. The highest BCUT2D eigenvalue weighted by molar-refractivity contribution is 9.10. The van der Waals surface area contributed by atoms with Crippen molar-refractivity contribution >= 4 is 27.5 Å². The largest absolute Gasteiger partial charge is 0.489 e. The molecule has 0 saturated heterocycles. The van der Waals surface area contributed by atoms with E-state index in [9.17, 15) is 4.79 Å². The van der Waals surface area contributed by atoms with Crippen LogP contribution in [0.2, 0.25) is 0 Å². The first-order valence-electron chi connectivity index (χ1n) is 10.0. The molecule has 160 valence electrons. The summed E-state index contributed by atoms with van der Waals surface area (Å²) in [6, 6.07) is 27.0. The number of aromatic amines is 1. The van der Waals surface area contributed by atoms with E-state index in [0.29, 0.717) is 23.7 Å². The second kappa shape index (κ2) is 10.1. The van der Waals surface area contributed by atoms with Crippen LogP contribution in [-0.2, 0) is 6.61 Å². The van der Waals surface area contributed by atoms with Crippen molar-refractivity contribution in [2.75, 3.05) is 0 Å². The molecule has 0 aliphatic rings. The maximum absolute atomic E-state index is 12.5. The summed E-state index contributed by atoms with van der Waals surface area (Å²) in [6.45, 7) is 2.32. The van der Waals surface area contributed by atoms with Gasteiger partial charge in [0.05, 0.1) is 11.4 Å². The predicted molar refractivity (Wildman–Crippen MR) is 129 cm³/mol. The Balaban J connectivity index is 1.41. The van der Waals surface area contributed by atoms with Crippen molar-refractivity contribution < 1.29 is 9.53 Å². The van der Waals surface area contributed by atoms with Crippen molar-refractivity contribution in [1.29, 1.82) is 0 Å². The molecule has 0 fully saturated rings. The molecule has 0 atom stereocenters. The lowest BCUT2D eigenvalue weighted by atomic mass is 10.1. The minimum absolute atomic E-state index is 0.322. The SMILES string of the molecule is C/C(=N/NC(=O)c1cc(-c2cccc(OCc3ccccc3)c2)n[nH]1)c1ccc(Br)cc1.